The molecule has 1 atom stereocenters. The van der Waals surface area contributed by atoms with E-state index in [1.54, 1.807) is 26.6 Å². The third-order valence-corrected chi connectivity index (χ3v) is 5.65. The van der Waals surface area contributed by atoms with Gasteiger partial charge in [-0.3, -0.25) is 4.98 Å². The molecule has 0 saturated heterocycles. The zero-order valence-electron chi connectivity index (χ0n) is 17.6. The van der Waals surface area contributed by atoms with E-state index in [9.17, 15) is 5.11 Å². The maximum atomic E-state index is 12.5. The quantitative estimate of drug-likeness (QED) is 0.456. The first-order chi connectivity index (χ1) is 15.2. The standard InChI is InChI=1S/C27H25NO3/c1-30-24-12-8-22(9-13-24)27(29,23-10-14-25(31-2)15-11-23)26(20-6-4-3-5-7-20)21-16-18-28-19-17-21/h3-19,26,29H,1-2H3. The van der Waals surface area contributed by atoms with Crippen molar-refractivity contribution in [3.8, 4) is 11.5 Å². The summed E-state index contributed by atoms with van der Waals surface area (Å²) in [5.74, 6) is 1.11. The summed E-state index contributed by atoms with van der Waals surface area (Å²) in [7, 11) is 3.27. The fraction of sp³-hybridized carbons (Fsp3) is 0.148. The molecule has 0 aliphatic rings. The van der Waals surface area contributed by atoms with Crippen molar-refractivity contribution in [2.24, 2.45) is 0 Å². The molecule has 31 heavy (non-hydrogen) atoms. The third kappa shape index (κ3) is 4.03. The molecule has 4 nitrogen and oxygen atoms in total. The Morgan fingerprint density at radius 2 is 1.10 bits per heavy atom. The van der Waals surface area contributed by atoms with Crippen LogP contribution in [0.3, 0.4) is 0 Å². The molecule has 0 spiro atoms. The Labute approximate surface area is 182 Å². The molecule has 1 N–H and O–H groups in total. The van der Waals surface area contributed by atoms with Crippen LogP contribution in [-0.4, -0.2) is 24.3 Å². The normalized spacial score (nSPS) is 12.2. The first kappa shape index (κ1) is 20.6. The zero-order chi connectivity index (χ0) is 21.7. The molecule has 1 aromatic heterocycles. The van der Waals surface area contributed by atoms with Gasteiger partial charge in [-0.2, -0.15) is 0 Å². The highest BCUT2D eigenvalue weighted by atomic mass is 16.5. The summed E-state index contributed by atoms with van der Waals surface area (Å²) in [5.41, 5.74) is 2.16. The van der Waals surface area contributed by atoms with Gasteiger partial charge in [0.15, 0.2) is 0 Å². The molecule has 1 unspecified atom stereocenters. The highest BCUT2D eigenvalue weighted by molar-refractivity contribution is 5.49. The van der Waals surface area contributed by atoms with Crippen molar-refractivity contribution < 1.29 is 14.6 Å². The van der Waals surface area contributed by atoms with Crippen LogP contribution in [0.5, 0.6) is 11.5 Å². The van der Waals surface area contributed by atoms with Gasteiger partial charge in [0.05, 0.1) is 14.2 Å². The van der Waals surface area contributed by atoms with Gasteiger partial charge in [-0.15, -0.1) is 0 Å². The lowest BCUT2D eigenvalue weighted by Gasteiger charge is -2.38. The van der Waals surface area contributed by atoms with Gasteiger partial charge in [0.2, 0.25) is 0 Å². The highest BCUT2D eigenvalue weighted by Crippen LogP contribution is 2.46. The van der Waals surface area contributed by atoms with Crippen LogP contribution >= 0.6 is 0 Å². The van der Waals surface area contributed by atoms with Crippen LogP contribution in [-0.2, 0) is 5.60 Å². The number of aliphatic hydroxyl groups is 1. The second kappa shape index (κ2) is 9.02. The Bertz CT molecular complexity index is 1010. The van der Waals surface area contributed by atoms with Gasteiger partial charge in [0.1, 0.15) is 17.1 Å². The van der Waals surface area contributed by atoms with Crippen LogP contribution in [0.4, 0.5) is 0 Å². The Balaban J connectivity index is 1.98. The minimum Gasteiger partial charge on any atom is -0.497 e. The van der Waals surface area contributed by atoms with Gasteiger partial charge in [-0.1, -0.05) is 54.6 Å². The number of rotatable bonds is 7. The average molecular weight is 412 g/mol. The number of hydrogen-bond acceptors (Lipinski definition) is 4. The number of pyridine rings is 1. The molecular weight excluding hydrogens is 386 g/mol. The summed E-state index contributed by atoms with van der Waals surface area (Å²) in [6.07, 6.45) is 3.52. The van der Waals surface area contributed by atoms with E-state index in [-0.39, 0.29) is 5.92 Å². The molecule has 0 amide bonds. The molecule has 0 aliphatic carbocycles. The Morgan fingerprint density at radius 1 is 0.645 bits per heavy atom. The molecule has 0 fully saturated rings. The molecule has 0 radical (unpaired) electrons. The lowest BCUT2D eigenvalue weighted by Crippen LogP contribution is -2.35. The van der Waals surface area contributed by atoms with E-state index < -0.39 is 5.60 Å². The number of benzene rings is 3. The fourth-order valence-corrected chi connectivity index (χ4v) is 4.07. The number of aromatic nitrogens is 1. The third-order valence-electron chi connectivity index (χ3n) is 5.65. The summed E-state index contributed by atoms with van der Waals surface area (Å²) in [6, 6.07) is 29.1. The van der Waals surface area contributed by atoms with Crippen molar-refractivity contribution in [2.45, 2.75) is 11.5 Å². The van der Waals surface area contributed by atoms with E-state index in [0.29, 0.717) is 0 Å². The molecule has 156 valence electrons. The first-order valence-corrected chi connectivity index (χ1v) is 10.1. The van der Waals surface area contributed by atoms with Crippen LogP contribution in [0.25, 0.3) is 0 Å². The Kier molecular flexibility index (Phi) is 6.01. The summed E-state index contributed by atoms with van der Waals surface area (Å²) in [4.78, 5) is 4.18. The van der Waals surface area contributed by atoms with E-state index in [1.165, 1.54) is 0 Å². The summed E-state index contributed by atoms with van der Waals surface area (Å²) in [5, 5.41) is 12.5. The van der Waals surface area contributed by atoms with Crippen molar-refractivity contribution in [2.75, 3.05) is 14.2 Å². The molecular formula is C27H25NO3. The fourth-order valence-electron chi connectivity index (χ4n) is 4.07. The van der Waals surface area contributed by atoms with Crippen molar-refractivity contribution in [1.29, 1.82) is 0 Å². The van der Waals surface area contributed by atoms with E-state index in [0.717, 1.165) is 33.8 Å². The molecule has 4 aromatic rings. The highest BCUT2D eigenvalue weighted by Gasteiger charge is 2.42. The van der Waals surface area contributed by atoms with Crippen LogP contribution in [0.15, 0.2) is 103 Å². The van der Waals surface area contributed by atoms with Gasteiger partial charge in [-0.05, 0) is 58.7 Å². The Morgan fingerprint density at radius 3 is 1.55 bits per heavy atom. The smallest absolute Gasteiger partial charge is 0.125 e. The summed E-state index contributed by atoms with van der Waals surface area (Å²) in [6.45, 7) is 0. The second-order valence-corrected chi connectivity index (χ2v) is 7.35. The molecule has 3 aromatic carbocycles. The molecule has 0 saturated carbocycles. The van der Waals surface area contributed by atoms with Crippen LogP contribution in [0.1, 0.15) is 28.2 Å². The van der Waals surface area contributed by atoms with Crippen LogP contribution in [0, 0.1) is 0 Å². The SMILES string of the molecule is COc1ccc(C(O)(c2ccc(OC)cc2)C(c2ccccc2)c2ccncc2)cc1. The van der Waals surface area contributed by atoms with Gasteiger partial charge in [-0.25, -0.2) is 0 Å². The predicted molar refractivity (Wildman–Crippen MR) is 122 cm³/mol. The largest absolute Gasteiger partial charge is 0.497 e. The molecule has 0 bridgehead atoms. The minimum absolute atomic E-state index is 0.363. The topological polar surface area (TPSA) is 51.6 Å². The van der Waals surface area contributed by atoms with Crippen LogP contribution < -0.4 is 9.47 Å². The number of nitrogens with zero attached hydrogens (tertiary/aromatic N) is 1. The van der Waals surface area contributed by atoms with E-state index >= 15 is 0 Å². The lowest BCUT2D eigenvalue weighted by atomic mass is 9.70. The van der Waals surface area contributed by atoms with Gasteiger partial charge < -0.3 is 14.6 Å². The van der Waals surface area contributed by atoms with Crippen molar-refractivity contribution in [3.05, 3.63) is 126 Å². The summed E-state index contributed by atoms with van der Waals surface area (Å²) >= 11 is 0. The maximum absolute atomic E-state index is 12.5. The number of methoxy groups -OCH3 is 2. The number of ether oxygens (including phenoxy) is 2. The maximum Gasteiger partial charge on any atom is 0.125 e. The minimum atomic E-state index is -1.35. The van der Waals surface area contributed by atoms with Gasteiger partial charge in [0, 0.05) is 18.3 Å². The lowest BCUT2D eigenvalue weighted by molar-refractivity contribution is 0.0624. The molecule has 4 heteroatoms. The Hall–Kier alpha value is -3.63. The van der Waals surface area contributed by atoms with Crippen molar-refractivity contribution in [1.82, 2.24) is 4.98 Å². The van der Waals surface area contributed by atoms with E-state index in [4.69, 9.17) is 9.47 Å². The van der Waals surface area contributed by atoms with E-state index in [2.05, 4.69) is 4.98 Å². The van der Waals surface area contributed by atoms with E-state index in [1.807, 2.05) is 91.0 Å². The van der Waals surface area contributed by atoms with Crippen LogP contribution in [0.2, 0.25) is 0 Å². The van der Waals surface area contributed by atoms with Crippen molar-refractivity contribution in [3.63, 3.8) is 0 Å². The molecule has 4 rings (SSSR count). The van der Waals surface area contributed by atoms with Gasteiger partial charge in [0.25, 0.3) is 0 Å². The first-order valence-electron chi connectivity index (χ1n) is 10.1. The molecule has 0 aliphatic heterocycles. The average Bonchev–Trinajstić information content (AvgIpc) is 2.85. The van der Waals surface area contributed by atoms with Gasteiger partial charge >= 0.3 is 0 Å². The predicted octanol–water partition coefficient (Wildman–Crippen LogP) is 5.17. The number of hydrogen-bond donors (Lipinski definition) is 1. The monoisotopic (exact) mass is 411 g/mol. The summed E-state index contributed by atoms with van der Waals surface area (Å²) < 4.78 is 10.7. The zero-order valence-corrected chi connectivity index (χ0v) is 17.6. The van der Waals surface area contributed by atoms with Crippen molar-refractivity contribution >= 4 is 0 Å². The second-order valence-electron chi connectivity index (χ2n) is 7.35. The molecule has 1 heterocycles.